The number of benzene rings is 1. The van der Waals surface area contributed by atoms with E-state index in [2.05, 4.69) is 0 Å². The van der Waals surface area contributed by atoms with Crippen molar-refractivity contribution in [1.29, 1.82) is 0 Å². The molecule has 0 amide bonds. The van der Waals surface area contributed by atoms with Crippen molar-refractivity contribution in [2.24, 2.45) is 0 Å². The maximum Gasteiger partial charge on any atom is 0.220 e. The first-order valence-electron chi connectivity index (χ1n) is 4.32. The largest absolute Gasteiger partial charge is 0.358 e. The van der Waals surface area contributed by atoms with Crippen molar-refractivity contribution in [2.45, 2.75) is 17.3 Å². The summed E-state index contributed by atoms with van der Waals surface area (Å²) in [5.41, 5.74) is -1.42. The highest BCUT2D eigenvalue weighted by molar-refractivity contribution is 7.92. The van der Waals surface area contributed by atoms with Gasteiger partial charge in [0.2, 0.25) is 15.3 Å². The minimum Gasteiger partial charge on any atom is -0.358 e. The van der Waals surface area contributed by atoms with Crippen LogP contribution in [0, 0.1) is 0 Å². The van der Waals surface area contributed by atoms with Gasteiger partial charge in [0.25, 0.3) is 0 Å². The normalized spacial score (nSPS) is 13.5. The number of sulfone groups is 1. The van der Waals surface area contributed by atoms with E-state index in [0.29, 0.717) is 0 Å². The van der Waals surface area contributed by atoms with Crippen LogP contribution in [-0.2, 0) is 19.4 Å². The van der Waals surface area contributed by atoms with Crippen LogP contribution in [0.15, 0.2) is 35.2 Å². The second-order valence-corrected chi connectivity index (χ2v) is 5.03. The van der Waals surface area contributed by atoms with Gasteiger partial charge in [-0.1, -0.05) is 18.2 Å². The van der Waals surface area contributed by atoms with Crippen LogP contribution < -0.4 is 0 Å². The summed E-state index contributed by atoms with van der Waals surface area (Å²) in [5.74, 6) is -0.527. The predicted molar refractivity (Wildman–Crippen MR) is 55.1 cm³/mol. The zero-order chi connectivity index (χ0) is 11.5. The molecule has 0 radical (unpaired) electrons. The first kappa shape index (κ1) is 11.9. The van der Waals surface area contributed by atoms with Crippen LogP contribution in [0.1, 0.15) is 6.92 Å². The summed E-state index contributed by atoms with van der Waals surface area (Å²) in [5, 5.41) is 0. The van der Waals surface area contributed by atoms with Crippen molar-refractivity contribution in [3.63, 3.8) is 0 Å². The van der Waals surface area contributed by atoms with Gasteiger partial charge in [-0.3, -0.25) is 4.79 Å². The average Bonchev–Trinajstić information content (AvgIpc) is 2.19. The fourth-order valence-corrected chi connectivity index (χ4v) is 2.72. The second kappa shape index (κ2) is 4.55. The van der Waals surface area contributed by atoms with Gasteiger partial charge in [0.1, 0.15) is 0 Å². The molecular formula is C10H12O4S. The van der Waals surface area contributed by atoms with Crippen LogP contribution in [0.5, 0.6) is 0 Å². The Morgan fingerprint density at radius 2 is 1.80 bits per heavy atom. The first-order valence-corrected chi connectivity index (χ1v) is 5.87. The van der Waals surface area contributed by atoms with Crippen LogP contribution >= 0.6 is 0 Å². The number of ketones is 1. The molecule has 0 spiro atoms. The van der Waals surface area contributed by atoms with Crippen LogP contribution in [0.25, 0.3) is 0 Å². The number of carbonyl (C=O) groups is 1. The van der Waals surface area contributed by atoms with Gasteiger partial charge >= 0.3 is 0 Å². The van der Waals surface area contributed by atoms with E-state index >= 15 is 0 Å². The molecule has 0 aliphatic carbocycles. The quantitative estimate of drug-likeness (QED) is 0.772. The zero-order valence-electron chi connectivity index (χ0n) is 8.51. The van der Waals surface area contributed by atoms with Crippen LogP contribution in [-0.4, -0.2) is 26.7 Å². The van der Waals surface area contributed by atoms with Crippen LogP contribution in [0.4, 0.5) is 0 Å². The van der Waals surface area contributed by atoms with E-state index in [0.717, 1.165) is 0 Å². The van der Waals surface area contributed by atoms with E-state index in [9.17, 15) is 13.2 Å². The number of hydrogen-bond acceptors (Lipinski definition) is 4. The third kappa shape index (κ3) is 2.43. The molecular weight excluding hydrogens is 216 g/mol. The summed E-state index contributed by atoms with van der Waals surface area (Å²) in [6.45, 7) is 1.19. The molecule has 0 aromatic heterocycles. The maximum absolute atomic E-state index is 11.9. The van der Waals surface area contributed by atoms with Gasteiger partial charge < -0.3 is 4.74 Å². The summed E-state index contributed by atoms with van der Waals surface area (Å²) in [4.78, 5) is 11.2. The van der Waals surface area contributed by atoms with Gasteiger partial charge in [0.15, 0.2) is 5.78 Å². The van der Waals surface area contributed by atoms with Gasteiger partial charge in [0.05, 0.1) is 4.90 Å². The Morgan fingerprint density at radius 3 is 2.20 bits per heavy atom. The lowest BCUT2D eigenvalue weighted by molar-refractivity contribution is -0.122. The molecule has 0 saturated heterocycles. The summed E-state index contributed by atoms with van der Waals surface area (Å²) in [6.07, 6.45) is 0. The highest BCUT2D eigenvalue weighted by atomic mass is 32.2. The Labute approximate surface area is 88.8 Å². The number of ether oxygens (including phenoxy) is 1. The maximum atomic E-state index is 11.9. The van der Waals surface area contributed by atoms with Crippen molar-refractivity contribution in [3.05, 3.63) is 30.3 Å². The van der Waals surface area contributed by atoms with Crippen LogP contribution in [0.3, 0.4) is 0 Å². The third-order valence-corrected chi connectivity index (χ3v) is 3.92. The second-order valence-electron chi connectivity index (χ2n) is 3.04. The van der Waals surface area contributed by atoms with E-state index in [-0.39, 0.29) is 4.90 Å². The molecule has 0 aliphatic rings. The molecule has 0 aliphatic heterocycles. The van der Waals surface area contributed by atoms with Crippen molar-refractivity contribution >= 4 is 15.6 Å². The topological polar surface area (TPSA) is 60.4 Å². The number of methoxy groups -OCH3 is 1. The molecule has 1 rings (SSSR count). The van der Waals surface area contributed by atoms with Gasteiger partial charge in [-0.25, -0.2) is 8.42 Å². The highest BCUT2D eigenvalue weighted by Crippen LogP contribution is 2.16. The molecule has 15 heavy (non-hydrogen) atoms. The summed E-state index contributed by atoms with van der Waals surface area (Å²) < 4.78 is 28.4. The summed E-state index contributed by atoms with van der Waals surface area (Å²) >= 11 is 0. The van der Waals surface area contributed by atoms with E-state index in [4.69, 9.17) is 4.74 Å². The van der Waals surface area contributed by atoms with Crippen molar-refractivity contribution in [2.75, 3.05) is 7.11 Å². The molecule has 1 unspecified atom stereocenters. The Morgan fingerprint density at radius 1 is 1.27 bits per heavy atom. The Balaban J connectivity index is 3.19. The molecule has 0 heterocycles. The summed E-state index contributed by atoms with van der Waals surface area (Å²) in [7, 11) is -2.52. The lowest BCUT2D eigenvalue weighted by atomic mass is 10.4. The lowest BCUT2D eigenvalue weighted by Gasteiger charge is -2.12. The summed E-state index contributed by atoms with van der Waals surface area (Å²) in [6, 6.07) is 7.77. The molecule has 5 heteroatoms. The van der Waals surface area contributed by atoms with Gasteiger partial charge in [-0.2, -0.15) is 0 Å². The zero-order valence-corrected chi connectivity index (χ0v) is 9.32. The monoisotopic (exact) mass is 228 g/mol. The van der Waals surface area contributed by atoms with Crippen LogP contribution in [0.2, 0.25) is 0 Å². The van der Waals surface area contributed by atoms with Gasteiger partial charge in [0, 0.05) is 7.11 Å². The molecule has 0 N–H and O–H groups in total. The van der Waals surface area contributed by atoms with E-state index in [1.807, 2.05) is 0 Å². The van der Waals surface area contributed by atoms with Crippen molar-refractivity contribution in [1.82, 2.24) is 0 Å². The van der Waals surface area contributed by atoms with E-state index in [1.165, 1.54) is 26.2 Å². The molecule has 1 aromatic carbocycles. The molecule has 1 atom stereocenters. The van der Waals surface area contributed by atoms with E-state index < -0.39 is 21.1 Å². The van der Waals surface area contributed by atoms with Crippen molar-refractivity contribution < 1.29 is 17.9 Å². The minimum atomic E-state index is -3.72. The number of Topliss-reactive ketones (excluding diaryl/α,β-unsaturated/α-hetero) is 1. The van der Waals surface area contributed by atoms with Gasteiger partial charge in [-0.15, -0.1) is 0 Å². The minimum absolute atomic E-state index is 0.0899. The number of rotatable bonds is 4. The molecule has 1 aromatic rings. The molecule has 0 bridgehead atoms. The third-order valence-electron chi connectivity index (χ3n) is 1.90. The molecule has 4 nitrogen and oxygen atoms in total. The standard InChI is InChI=1S/C10H12O4S/c1-8(11)10(14-2)15(12,13)9-6-4-3-5-7-9/h3-7,10H,1-2H3. The molecule has 0 saturated carbocycles. The molecule has 82 valence electrons. The lowest BCUT2D eigenvalue weighted by Crippen LogP contribution is -2.30. The number of hydrogen-bond donors (Lipinski definition) is 0. The highest BCUT2D eigenvalue weighted by Gasteiger charge is 2.30. The fraction of sp³-hybridized carbons (Fsp3) is 0.300. The SMILES string of the molecule is COC(C(C)=O)S(=O)(=O)c1ccccc1. The van der Waals surface area contributed by atoms with E-state index in [1.54, 1.807) is 18.2 Å². The fourth-order valence-electron chi connectivity index (χ4n) is 1.24. The first-order chi connectivity index (χ1) is 7.00. The van der Waals surface area contributed by atoms with Gasteiger partial charge in [-0.05, 0) is 19.1 Å². The smallest absolute Gasteiger partial charge is 0.220 e. The Kier molecular flexibility index (Phi) is 3.60. The molecule has 0 fully saturated rings. The average molecular weight is 228 g/mol. The predicted octanol–water partition coefficient (Wildman–Crippen LogP) is 1.02. The Bertz CT molecular complexity index is 436. The Hall–Kier alpha value is -1.20. The number of carbonyl (C=O) groups excluding carboxylic acids is 1. The van der Waals surface area contributed by atoms with Crippen molar-refractivity contribution in [3.8, 4) is 0 Å².